The van der Waals surface area contributed by atoms with E-state index < -0.39 is 50.7 Å². The highest BCUT2D eigenvalue weighted by Crippen LogP contribution is 2.30. The number of rotatable bonds is 12. The standard InChI is InChI=1S/C23H23N7O8S3.O3S/c1-4-26-23-29-21(6-5-11-27-39(31,32)16-7-9-18(24-2)19(14-16)25-3)28-22(30-23)13-15-12-17(40(33,34)35)8-10-20(15)41(36,37)38;1-4(2)3/h7-10,12,14,27H,4-6,11,13H2,1H3,(H,33,34,35)(H,36,37,38)(H,26,28,29,30);. The number of benzene rings is 2. The van der Waals surface area contributed by atoms with Gasteiger partial charge in [0.2, 0.25) is 16.0 Å². The molecule has 0 aliphatic carbocycles. The van der Waals surface area contributed by atoms with Crippen LogP contribution in [0.3, 0.4) is 0 Å². The van der Waals surface area contributed by atoms with Crippen LogP contribution in [0, 0.1) is 13.1 Å². The molecule has 0 radical (unpaired) electrons. The smallest absolute Gasteiger partial charge is 0.354 e. The number of aryl methyl sites for hydroxylation is 1. The van der Waals surface area contributed by atoms with Crippen molar-refractivity contribution >= 4 is 58.2 Å². The number of anilines is 1. The molecule has 0 fully saturated rings. The molecule has 0 atom stereocenters. The predicted octanol–water partition coefficient (Wildman–Crippen LogP) is 1.40. The summed E-state index contributed by atoms with van der Waals surface area (Å²) in [7, 11) is -16.5. The van der Waals surface area contributed by atoms with Crippen LogP contribution >= 0.6 is 0 Å². The summed E-state index contributed by atoms with van der Waals surface area (Å²) in [4.78, 5) is 17.7. The van der Waals surface area contributed by atoms with Crippen LogP contribution in [0.1, 0.15) is 30.6 Å². The Bertz CT molecular complexity index is 2100. The topological polar surface area (TPSA) is 266 Å². The summed E-state index contributed by atoms with van der Waals surface area (Å²) in [5.74, 6) is 0.343. The van der Waals surface area contributed by atoms with Crippen molar-refractivity contribution in [3.63, 3.8) is 0 Å². The zero-order chi connectivity index (χ0) is 34.0. The van der Waals surface area contributed by atoms with Crippen LogP contribution < -0.4 is 10.0 Å². The molecule has 0 amide bonds. The lowest BCUT2D eigenvalue weighted by atomic mass is 10.1. The van der Waals surface area contributed by atoms with E-state index in [0.29, 0.717) is 6.54 Å². The number of nitrogens with one attached hydrogen (secondary N) is 2. The van der Waals surface area contributed by atoms with Crippen LogP contribution in [0.5, 0.6) is 0 Å². The van der Waals surface area contributed by atoms with Gasteiger partial charge in [-0.2, -0.15) is 26.8 Å². The monoisotopic (exact) mass is 701 g/mol. The van der Waals surface area contributed by atoms with Crippen LogP contribution in [-0.2, 0) is 53.7 Å². The molecule has 240 valence electrons. The van der Waals surface area contributed by atoms with Crippen LogP contribution in [0.4, 0.5) is 17.3 Å². The maximum atomic E-state index is 12.6. The highest BCUT2D eigenvalue weighted by Gasteiger charge is 2.21. The number of hydrogen-bond acceptors (Lipinski definition) is 13. The second-order valence-electron chi connectivity index (χ2n) is 8.50. The van der Waals surface area contributed by atoms with Crippen molar-refractivity contribution in [1.82, 2.24) is 19.7 Å². The Hall–Kier alpha value is -4.42. The Labute approximate surface area is 259 Å². The number of nitrogens with zero attached hydrogens (tertiary/aromatic N) is 5. The van der Waals surface area contributed by atoms with Gasteiger partial charge in [0.25, 0.3) is 20.2 Å². The van der Waals surface area contributed by atoms with Gasteiger partial charge in [-0.05, 0) is 43.2 Å². The van der Waals surface area contributed by atoms with E-state index in [2.05, 4.69) is 34.7 Å². The van der Waals surface area contributed by atoms with E-state index in [4.69, 9.17) is 25.8 Å². The average Bonchev–Trinajstić information content (AvgIpc) is 2.93. The van der Waals surface area contributed by atoms with E-state index in [1.807, 2.05) is 0 Å². The zero-order valence-electron chi connectivity index (χ0n) is 22.9. The summed E-state index contributed by atoms with van der Waals surface area (Å²) in [6.07, 6.45) is 0.0121. The Morgan fingerprint density at radius 3 is 1.98 bits per heavy atom. The van der Waals surface area contributed by atoms with Gasteiger partial charge in [0.05, 0.1) is 27.8 Å². The molecule has 0 unspecified atom stereocenters. The minimum Gasteiger partial charge on any atom is -0.354 e. The van der Waals surface area contributed by atoms with E-state index in [1.54, 1.807) is 6.92 Å². The Balaban J connectivity index is 0.00000166. The molecular weight excluding hydrogens is 679 g/mol. The Kier molecular flexibility index (Phi) is 12.7. The molecule has 0 aliphatic heterocycles. The van der Waals surface area contributed by atoms with Gasteiger partial charge < -0.3 is 5.32 Å². The molecule has 2 aromatic carbocycles. The first-order chi connectivity index (χ1) is 20.9. The summed E-state index contributed by atoms with van der Waals surface area (Å²) >= 11 is 0. The summed E-state index contributed by atoms with van der Waals surface area (Å²) in [6.45, 7) is 16.3. The summed E-state index contributed by atoms with van der Waals surface area (Å²) < 4.78 is 119. The number of aromatic nitrogens is 3. The third-order valence-electron chi connectivity index (χ3n) is 5.39. The van der Waals surface area contributed by atoms with E-state index in [0.717, 1.165) is 24.3 Å². The summed E-state index contributed by atoms with van der Waals surface area (Å²) in [6, 6.07) is 6.14. The average molecular weight is 702 g/mol. The largest absolute Gasteiger partial charge is 0.425 e. The van der Waals surface area contributed by atoms with Gasteiger partial charge >= 0.3 is 10.6 Å². The Morgan fingerprint density at radius 2 is 1.42 bits per heavy atom. The second-order valence-corrected chi connectivity index (χ2v) is 13.5. The first-order valence-electron chi connectivity index (χ1n) is 12.1. The summed E-state index contributed by atoms with van der Waals surface area (Å²) in [5, 5.41) is 2.89. The van der Waals surface area contributed by atoms with Crippen molar-refractivity contribution in [2.24, 2.45) is 0 Å². The lowest BCUT2D eigenvalue weighted by molar-refractivity contribution is 0.477. The predicted molar refractivity (Wildman–Crippen MR) is 155 cm³/mol. The minimum absolute atomic E-state index is 0.00971. The summed E-state index contributed by atoms with van der Waals surface area (Å²) in [5.41, 5.74) is -0.247. The molecule has 3 rings (SSSR count). The van der Waals surface area contributed by atoms with Gasteiger partial charge in [0.15, 0.2) is 11.4 Å². The molecule has 22 heteroatoms. The normalized spacial score (nSPS) is 11.4. The van der Waals surface area contributed by atoms with Crippen molar-refractivity contribution in [2.45, 2.75) is 40.9 Å². The highest BCUT2D eigenvalue weighted by molar-refractivity contribution is 7.89. The molecular formula is C23H23N7O11S4. The molecule has 0 spiro atoms. The fraction of sp³-hybridized carbons (Fsp3) is 0.261. The molecule has 0 saturated carbocycles. The molecule has 0 saturated heterocycles. The number of hydrogen-bond donors (Lipinski definition) is 4. The SMILES string of the molecule is O=S(=O)=O.[C-]#[N+]c1ccc(S(=O)(=O)NCCCc2nc(Cc3cc(S(=O)(=O)O)ccc3S(=O)(=O)O)nc(NCC)n2)cc1[N+]#[C-]. The van der Waals surface area contributed by atoms with E-state index in [-0.39, 0.29) is 65.2 Å². The molecule has 0 aliphatic rings. The highest BCUT2D eigenvalue weighted by atomic mass is 32.2. The molecule has 45 heavy (non-hydrogen) atoms. The van der Waals surface area contributed by atoms with Gasteiger partial charge in [0.1, 0.15) is 11.6 Å². The molecule has 1 heterocycles. The lowest BCUT2D eigenvalue weighted by Crippen LogP contribution is -2.25. The first kappa shape index (κ1) is 36.8. The maximum Gasteiger partial charge on any atom is 0.425 e. The Morgan fingerprint density at radius 1 is 0.822 bits per heavy atom. The van der Waals surface area contributed by atoms with Crippen molar-refractivity contribution in [2.75, 3.05) is 18.4 Å². The molecule has 3 aromatic rings. The second kappa shape index (κ2) is 15.5. The molecule has 18 nitrogen and oxygen atoms in total. The van der Waals surface area contributed by atoms with Crippen molar-refractivity contribution < 1.29 is 47.0 Å². The molecule has 4 N–H and O–H groups in total. The van der Waals surface area contributed by atoms with Gasteiger partial charge in [-0.15, -0.1) is 12.6 Å². The third-order valence-corrected chi connectivity index (χ3v) is 8.65. The fourth-order valence-corrected chi connectivity index (χ4v) is 5.89. The lowest BCUT2D eigenvalue weighted by Gasteiger charge is -2.11. The van der Waals surface area contributed by atoms with Crippen molar-refractivity contribution in [1.29, 1.82) is 0 Å². The minimum atomic E-state index is -4.77. The molecule has 1 aromatic heterocycles. The van der Waals surface area contributed by atoms with Crippen LogP contribution in [0.25, 0.3) is 9.69 Å². The van der Waals surface area contributed by atoms with E-state index >= 15 is 0 Å². The van der Waals surface area contributed by atoms with Crippen LogP contribution in [-0.4, -0.2) is 75.0 Å². The quantitative estimate of drug-likeness (QED) is 0.118. The van der Waals surface area contributed by atoms with Gasteiger partial charge in [-0.1, -0.05) is 12.1 Å². The zero-order valence-corrected chi connectivity index (χ0v) is 26.2. The van der Waals surface area contributed by atoms with Crippen molar-refractivity contribution in [3.8, 4) is 0 Å². The molecule has 0 bridgehead atoms. The maximum absolute atomic E-state index is 12.6. The first-order valence-corrected chi connectivity index (χ1v) is 17.5. The van der Waals surface area contributed by atoms with E-state index in [9.17, 15) is 34.4 Å². The van der Waals surface area contributed by atoms with Crippen molar-refractivity contribution in [3.05, 3.63) is 76.4 Å². The van der Waals surface area contributed by atoms with E-state index in [1.165, 1.54) is 12.1 Å². The third kappa shape index (κ3) is 11.2. The van der Waals surface area contributed by atoms with Gasteiger partial charge in [0, 0.05) is 25.9 Å². The number of sulfonamides is 1. The van der Waals surface area contributed by atoms with Crippen LogP contribution in [0.2, 0.25) is 0 Å². The van der Waals surface area contributed by atoms with Crippen LogP contribution in [0.15, 0.2) is 51.1 Å². The fourth-order valence-electron chi connectivity index (χ4n) is 3.56. The van der Waals surface area contributed by atoms with Gasteiger partial charge in [-0.3, -0.25) is 18.8 Å². The van der Waals surface area contributed by atoms with Gasteiger partial charge in [-0.25, -0.2) is 18.1 Å².